The average Bonchev–Trinajstić information content (AvgIpc) is 3.01. The van der Waals surface area contributed by atoms with Crippen LogP contribution in [0.1, 0.15) is 19.1 Å². The molecule has 3 heterocycles. The van der Waals surface area contributed by atoms with Gasteiger partial charge in [0.1, 0.15) is 5.76 Å². The third-order valence-corrected chi connectivity index (χ3v) is 4.55. The normalized spacial score (nSPS) is 28.9. The predicted molar refractivity (Wildman–Crippen MR) is 85.6 cm³/mol. The molecule has 5 heteroatoms. The number of piperidine rings is 1. The van der Waals surface area contributed by atoms with Crippen molar-refractivity contribution in [2.24, 2.45) is 0 Å². The van der Waals surface area contributed by atoms with Crippen molar-refractivity contribution < 1.29 is 14.3 Å². The summed E-state index contributed by atoms with van der Waals surface area (Å²) in [5, 5.41) is 10.5. The Kier molecular flexibility index (Phi) is 5.31. The van der Waals surface area contributed by atoms with Crippen LogP contribution in [-0.2, 0) is 4.74 Å². The minimum atomic E-state index is -0.275. The summed E-state index contributed by atoms with van der Waals surface area (Å²) in [5.74, 6) is 0.890. The molecule has 0 radical (unpaired) electrons. The molecule has 2 saturated heterocycles. The monoisotopic (exact) mass is 306 g/mol. The van der Waals surface area contributed by atoms with Crippen LogP contribution >= 0.6 is 0 Å². The van der Waals surface area contributed by atoms with Crippen LogP contribution in [0.5, 0.6) is 0 Å². The summed E-state index contributed by atoms with van der Waals surface area (Å²) in [4.78, 5) is 4.72. The number of hydrogen-bond acceptors (Lipinski definition) is 5. The standard InChI is InChI=1S/C17H26N2O3/c1-14(11-15-3-2-8-22-15)12-18-5-4-16(17(20)13-18)19-6-9-21-10-7-19/h2-3,8,11,16-17,20H,4-7,9-10,12-13H2,1H3/b14-11+/t16-,17-/m1/s1. The van der Waals surface area contributed by atoms with Crippen molar-refractivity contribution in [1.82, 2.24) is 9.80 Å². The molecule has 1 aromatic rings. The number of aliphatic hydroxyl groups is 1. The van der Waals surface area contributed by atoms with Gasteiger partial charge in [0.2, 0.25) is 0 Å². The van der Waals surface area contributed by atoms with Gasteiger partial charge in [-0.25, -0.2) is 0 Å². The molecule has 3 rings (SSSR count). The van der Waals surface area contributed by atoms with E-state index in [-0.39, 0.29) is 12.1 Å². The topological polar surface area (TPSA) is 49.1 Å². The van der Waals surface area contributed by atoms with Gasteiger partial charge >= 0.3 is 0 Å². The molecule has 0 amide bonds. The van der Waals surface area contributed by atoms with Crippen molar-refractivity contribution in [2.45, 2.75) is 25.5 Å². The number of β-amino-alcohol motifs (C(OH)–C–C–N with tert-alkyl or cyclic N) is 1. The van der Waals surface area contributed by atoms with Crippen LogP contribution in [0.4, 0.5) is 0 Å². The van der Waals surface area contributed by atoms with Crippen molar-refractivity contribution in [3.05, 3.63) is 29.7 Å². The quantitative estimate of drug-likeness (QED) is 0.912. The zero-order valence-electron chi connectivity index (χ0n) is 13.3. The molecule has 2 atom stereocenters. The smallest absolute Gasteiger partial charge is 0.126 e. The van der Waals surface area contributed by atoms with Gasteiger partial charge in [-0.2, -0.15) is 0 Å². The Morgan fingerprint density at radius 1 is 1.36 bits per heavy atom. The number of morpholine rings is 1. The lowest BCUT2D eigenvalue weighted by molar-refractivity contribution is -0.0506. The average molecular weight is 306 g/mol. The molecule has 2 aliphatic rings. The van der Waals surface area contributed by atoms with Gasteiger partial charge in [0.25, 0.3) is 0 Å². The van der Waals surface area contributed by atoms with E-state index in [0.717, 1.165) is 58.1 Å². The van der Waals surface area contributed by atoms with Gasteiger partial charge in [0.15, 0.2) is 0 Å². The SMILES string of the molecule is C/C(=C\c1ccco1)CN1CC[C@@H](N2CCOCC2)[C@H](O)C1. The Balaban J connectivity index is 1.51. The van der Waals surface area contributed by atoms with E-state index in [0.29, 0.717) is 0 Å². The number of ether oxygens (including phenoxy) is 1. The Hall–Kier alpha value is -1.14. The molecule has 1 N–H and O–H groups in total. The van der Waals surface area contributed by atoms with Gasteiger partial charge in [-0.15, -0.1) is 0 Å². The highest BCUT2D eigenvalue weighted by molar-refractivity contribution is 5.46. The van der Waals surface area contributed by atoms with E-state index in [1.165, 1.54) is 5.57 Å². The fourth-order valence-electron chi connectivity index (χ4n) is 3.48. The largest absolute Gasteiger partial charge is 0.465 e. The van der Waals surface area contributed by atoms with Gasteiger partial charge in [-0.05, 0) is 31.6 Å². The van der Waals surface area contributed by atoms with Gasteiger partial charge < -0.3 is 14.3 Å². The summed E-state index contributed by atoms with van der Waals surface area (Å²) in [6, 6.07) is 4.15. The fourth-order valence-corrected chi connectivity index (χ4v) is 3.48. The Bertz CT molecular complexity index is 480. The van der Waals surface area contributed by atoms with Gasteiger partial charge in [-0.3, -0.25) is 9.80 Å². The summed E-state index contributed by atoms with van der Waals surface area (Å²) >= 11 is 0. The Morgan fingerprint density at radius 3 is 2.86 bits per heavy atom. The lowest BCUT2D eigenvalue weighted by Crippen LogP contribution is -2.56. The van der Waals surface area contributed by atoms with Gasteiger partial charge in [0.05, 0.1) is 25.6 Å². The first kappa shape index (κ1) is 15.7. The van der Waals surface area contributed by atoms with Crippen LogP contribution < -0.4 is 0 Å². The van der Waals surface area contributed by atoms with Crippen molar-refractivity contribution in [3.63, 3.8) is 0 Å². The Morgan fingerprint density at radius 2 is 2.18 bits per heavy atom. The molecular formula is C17H26N2O3. The van der Waals surface area contributed by atoms with Crippen LogP contribution in [0.15, 0.2) is 28.4 Å². The molecule has 2 aliphatic heterocycles. The molecule has 22 heavy (non-hydrogen) atoms. The van der Waals surface area contributed by atoms with Crippen molar-refractivity contribution in [1.29, 1.82) is 0 Å². The molecule has 122 valence electrons. The van der Waals surface area contributed by atoms with E-state index < -0.39 is 0 Å². The molecule has 0 spiro atoms. The summed E-state index contributed by atoms with van der Waals surface area (Å²) < 4.78 is 10.7. The number of aliphatic hydroxyl groups excluding tert-OH is 1. The summed E-state index contributed by atoms with van der Waals surface area (Å²) in [6.07, 6.45) is 4.51. The number of rotatable bonds is 4. The van der Waals surface area contributed by atoms with E-state index in [1.807, 2.05) is 12.1 Å². The second kappa shape index (κ2) is 7.42. The molecule has 0 aliphatic carbocycles. The molecule has 2 fully saturated rings. The third kappa shape index (κ3) is 3.98. The molecule has 0 bridgehead atoms. The van der Waals surface area contributed by atoms with Crippen LogP contribution in [0, 0.1) is 0 Å². The third-order valence-electron chi connectivity index (χ3n) is 4.55. The maximum Gasteiger partial charge on any atom is 0.126 e. The molecule has 5 nitrogen and oxygen atoms in total. The minimum Gasteiger partial charge on any atom is -0.465 e. The number of hydrogen-bond donors (Lipinski definition) is 1. The zero-order valence-corrected chi connectivity index (χ0v) is 13.3. The second-order valence-electron chi connectivity index (χ2n) is 6.31. The maximum atomic E-state index is 10.5. The van der Waals surface area contributed by atoms with Crippen LogP contribution in [-0.4, -0.2) is 73.0 Å². The lowest BCUT2D eigenvalue weighted by atomic mass is 9.99. The van der Waals surface area contributed by atoms with Crippen molar-refractivity contribution >= 4 is 6.08 Å². The highest BCUT2D eigenvalue weighted by Gasteiger charge is 2.32. The van der Waals surface area contributed by atoms with E-state index in [9.17, 15) is 5.11 Å². The highest BCUT2D eigenvalue weighted by Crippen LogP contribution is 2.19. The van der Waals surface area contributed by atoms with Crippen LogP contribution in [0.2, 0.25) is 0 Å². The first-order chi connectivity index (χ1) is 10.7. The number of nitrogens with zero attached hydrogens (tertiary/aromatic N) is 2. The summed E-state index contributed by atoms with van der Waals surface area (Å²) in [5.41, 5.74) is 1.26. The van der Waals surface area contributed by atoms with E-state index in [4.69, 9.17) is 9.15 Å². The second-order valence-corrected chi connectivity index (χ2v) is 6.31. The predicted octanol–water partition coefficient (Wildman–Crippen LogP) is 1.45. The van der Waals surface area contributed by atoms with Gasteiger partial charge in [0, 0.05) is 38.8 Å². The van der Waals surface area contributed by atoms with Crippen molar-refractivity contribution in [2.75, 3.05) is 45.9 Å². The van der Waals surface area contributed by atoms with Gasteiger partial charge in [-0.1, -0.05) is 5.57 Å². The van der Waals surface area contributed by atoms with E-state index in [1.54, 1.807) is 6.26 Å². The number of furan rings is 1. The molecule has 0 unspecified atom stereocenters. The van der Waals surface area contributed by atoms with Crippen LogP contribution in [0.25, 0.3) is 6.08 Å². The molecule has 0 saturated carbocycles. The minimum absolute atomic E-state index is 0.275. The summed E-state index contributed by atoms with van der Waals surface area (Å²) in [7, 11) is 0. The number of likely N-dealkylation sites (tertiary alicyclic amines) is 1. The van der Waals surface area contributed by atoms with E-state index >= 15 is 0 Å². The molecule has 1 aromatic heterocycles. The maximum absolute atomic E-state index is 10.5. The summed E-state index contributed by atoms with van der Waals surface area (Å²) in [6.45, 7) is 8.23. The first-order valence-corrected chi connectivity index (χ1v) is 8.15. The fraction of sp³-hybridized carbons (Fsp3) is 0.647. The molecule has 0 aromatic carbocycles. The first-order valence-electron chi connectivity index (χ1n) is 8.15. The van der Waals surface area contributed by atoms with E-state index in [2.05, 4.69) is 22.8 Å². The van der Waals surface area contributed by atoms with Crippen LogP contribution in [0.3, 0.4) is 0 Å². The zero-order chi connectivity index (χ0) is 15.4. The lowest BCUT2D eigenvalue weighted by Gasteiger charge is -2.43. The van der Waals surface area contributed by atoms with Crippen molar-refractivity contribution in [3.8, 4) is 0 Å². The highest BCUT2D eigenvalue weighted by atomic mass is 16.5. The molecular weight excluding hydrogens is 280 g/mol. The Labute approximate surface area is 132 Å².